The van der Waals surface area contributed by atoms with E-state index in [1.54, 1.807) is 11.3 Å². The average molecular weight is 284 g/mol. The molecule has 0 bridgehead atoms. The van der Waals surface area contributed by atoms with Crippen molar-refractivity contribution in [2.24, 2.45) is 0 Å². The minimum absolute atomic E-state index is 0.496. The van der Waals surface area contributed by atoms with Crippen LogP contribution in [0.25, 0.3) is 0 Å². The van der Waals surface area contributed by atoms with Crippen molar-refractivity contribution in [2.45, 2.75) is 46.0 Å². The number of aromatic nitrogens is 3. The first-order valence-electron chi connectivity index (χ1n) is 6.17. The van der Waals surface area contributed by atoms with Gasteiger partial charge in [-0.05, 0) is 25.8 Å². The summed E-state index contributed by atoms with van der Waals surface area (Å²) in [6.07, 6.45) is 1.97. The molecule has 2 aromatic heterocycles. The monoisotopic (exact) mass is 283 g/mol. The number of halogens is 1. The SMILES string of the molecule is CCc1c(C)nn(CCc2nc(CCl)cs2)c1C. The third kappa shape index (κ3) is 2.75. The Morgan fingerprint density at radius 3 is 2.72 bits per heavy atom. The molecule has 2 heterocycles. The zero-order chi connectivity index (χ0) is 13.1. The van der Waals surface area contributed by atoms with E-state index in [2.05, 4.69) is 35.5 Å². The average Bonchev–Trinajstić information content (AvgIpc) is 2.92. The molecule has 0 saturated heterocycles. The van der Waals surface area contributed by atoms with Crippen molar-refractivity contribution >= 4 is 22.9 Å². The van der Waals surface area contributed by atoms with Crippen LogP contribution in [0.4, 0.5) is 0 Å². The molecule has 18 heavy (non-hydrogen) atoms. The summed E-state index contributed by atoms with van der Waals surface area (Å²) in [4.78, 5) is 4.47. The largest absolute Gasteiger partial charge is 0.269 e. The third-order valence-electron chi connectivity index (χ3n) is 3.16. The molecule has 0 spiro atoms. The predicted molar refractivity (Wildman–Crippen MR) is 76.5 cm³/mol. The summed E-state index contributed by atoms with van der Waals surface area (Å²) in [5.41, 5.74) is 4.77. The summed E-state index contributed by atoms with van der Waals surface area (Å²) in [7, 11) is 0. The van der Waals surface area contributed by atoms with Gasteiger partial charge in [0, 0.05) is 24.0 Å². The van der Waals surface area contributed by atoms with E-state index in [-0.39, 0.29) is 0 Å². The number of hydrogen-bond acceptors (Lipinski definition) is 3. The first-order valence-corrected chi connectivity index (χ1v) is 7.59. The predicted octanol–water partition coefficient (Wildman–Crippen LogP) is 3.50. The van der Waals surface area contributed by atoms with Gasteiger partial charge in [0.1, 0.15) is 0 Å². The van der Waals surface area contributed by atoms with Gasteiger partial charge in [-0.2, -0.15) is 5.10 Å². The number of aryl methyl sites for hydroxylation is 3. The van der Waals surface area contributed by atoms with Crippen LogP contribution in [0.2, 0.25) is 0 Å². The fraction of sp³-hybridized carbons (Fsp3) is 0.538. The highest BCUT2D eigenvalue weighted by Gasteiger charge is 2.10. The van der Waals surface area contributed by atoms with Crippen molar-refractivity contribution in [2.75, 3.05) is 0 Å². The molecular formula is C13H18ClN3S. The van der Waals surface area contributed by atoms with Crippen LogP contribution < -0.4 is 0 Å². The van der Waals surface area contributed by atoms with E-state index >= 15 is 0 Å². The third-order valence-corrected chi connectivity index (χ3v) is 4.39. The smallest absolute Gasteiger partial charge is 0.0947 e. The number of nitrogens with zero attached hydrogens (tertiary/aromatic N) is 3. The summed E-state index contributed by atoms with van der Waals surface area (Å²) in [6, 6.07) is 0. The Hall–Kier alpha value is -0.870. The molecule has 3 nitrogen and oxygen atoms in total. The van der Waals surface area contributed by atoms with Gasteiger partial charge >= 0.3 is 0 Å². The molecule has 0 unspecified atom stereocenters. The minimum atomic E-state index is 0.496. The molecule has 0 saturated carbocycles. The summed E-state index contributed by atoms with van der Waals surface area (Å²) in [6.45, 7) is 7.29. The number of hydrogen-bond donors (Lipinski definition) is 0. The molecule has 5 heteroatoms. The molecule has 0 N–H and O–H groups in total. The lowest BCUT2D eigenvalue weighted by molar-refractivity contribution is 0.592. The van der Waals surface area contributed by atoms with Crippen LogP contribution >= 0.6 is 22.9 Å². The lowest BCUT2D eigenvalue weighted by Crippen LogP contribution is -2.05. The molecule has 98 valence electrons. The second kappa shape index (κ2) is 5.85. The molecule has 2 aromatic rings. The molecule has 0 aliphatic rings. The standard InChI is InChI=1S/C13H18ClN3S/c1-4-12-9(2)16-17(10(12)3)6-5-13-15-11(7-14)8-18-13/h8H,4-7H2,1-3H3. The molecular weight excluding hydrogens is 266 g/mol. The van der Waals surface area contributed by atoms with E-state index in [0.717, 1.165) is 35.8 Å². The Kier molecular flexibility index (Phi) is 4.40. The first kappa shape index (κ1) is 13.6. The Morgan fingerprint density at radius 2 is 2.17 bits per heavy atom. The van der Waals surface area contributed by atoms with E-state index in [1.807, 2.05) is 5.38 Å². The molecule has 0 radical (unpaired) electrons. The number of thiazole rings is 1. The maximum atomic E-state index is 5.75. The Labute approximate surface area is 117 Å². The maximum absolute atomic E-state index is 5.75. The zero-order valence-electron chi connectivity index (χ0n) is 11.0. The minimum Gasteiger partial charge on any atom is -0.269 e. The Morgan fingerprint density at radius 1 is 1.39 bits per heavy atom. The lowest BCUT2D eigenvalue weighted by atomic mass is 10.1. The highest BCUT2D eigenvalue weighted by molar-refractivity contribution is 7.09. The van der Waals surface area contributed by atoms with Crippen molar-refractivity contribution in [1.82, 2.24) is 14.8 Å². The van der Waals surface area contributed by atoms with E-state index in [4.69, 9.17) is 11.6 Å². The fourth-order valence-corrected chi connectivity index (χ4v) is 3.21. The quantitative estimate of drug-likeness (QED) is 0.787. The van der Waals surface area contributed by atoms with Gasteiger partial charge in [-0.15, -0.1) is 22.9 Å². The second-order valence-electron chi connectivity index (χ2n) is 4.34. The van der Waals surface area contributed by atoms with Gasteiger partial charge < -0.3 is 0 Å². The van der Waals surface area contributed by atoms with Crippen molar-refractivity contribution in [3.8, 4) is 0 Å². The molecule has 0 aliphatic heterocycles. The van der Waals surface area contributed by atoms with Crippen LogP contribution in [-0.4, -0.2) is 14.8 Å². The van der Waals surface area contributed by atoms with Crippen molar-refractivity contribution in [3.63, 3.8) is 0 Å². The van der Waals surface area contributed by atoms with Crippen LogP contribution in [0.3, 0.4) is 0 Å². The van der Waals surface area contributed by atoms with Crippen LogP contribution in [0, 0.1) is 13.8 Å². The van der Waals surface area contributed by atoms with Gasteiger partial charge in [-0.1, -0.05) is 6.92 Å². The molecule has 0 atom stereocenters. The maximum Gasteiger partial charge on any atom is 0.0947 e. The zero-order valence-corrected chi connectivity index (χ0v) is 12.6. The van der Waals surface area contributed by atoms with E-state index in [0.29, 0.717) is 5.88 Å². The summed E-state index contributed by atoms with van der Waals surface area (Å²) in [5.74, 6) is 0.496. The van der Waals surface area contributed by atoms with Crippen LogP contribution in [-0.2, 0) is 25.3 Å². The second-order valence-corrected chi connectivity index (χ2v) is 5.55. The molecule has 0 aliphatic carbocycles. The molecule has 0 fully saturated rings. The van der Waals surface area contributed by atoms with Gasteiger partial charge in [0.25, 0.3) is 0 Å². The van der Waals surface area contributed by atoms with Crippen LogP contribution in [0.15, 0.2) is 5.38 Å². The summed E-state index contributed by atoms with van der Waals surface area (Å²) >= 11 is 7.43. The van der Waals surface area contributed by atoms with Crippen molar-refractivity contribution in [3.05, 3.63) is 33.0 Å². The lowest BCUT2D eigenvalue weighted by Gasteiger charge is -2.03. The van der Waals surface area contributed by atoms with E-state index in [1.165, 1.54) is 11.3 Å². The van der Waals surface area contributed by atoms with Crippen LogP contribution in [0.1, 0.15) is 34.6 Å². The normalized spacial score (nSPS) is 11.1. The Balaban J connectivity index is 2.06. The van der Waals surface area contributed by atoms with Gasteiger partial charge in [0.2, 0.25) is 0 Å². The van der Waals surface area contributed by atoms with Gasteiger partial charge in [0.05, 0.1) is 22.3 Å². The van der Waals surface area contributed by atoms with Gasteiger partial charge in [-0.3, -0.25) is 4.68 Å². The fourth-order valence-electron chi connectivity index (χ4n) is 2.19. The first-order chi connectivity index (χ1) is 8.65. The molecule has 0 aromatic carbocycles. The highest BCUT2D eigenvalue weighted by Crippen LogP contribution is 2.16. The molecule has 0 amide bonds. The molecule has 2 rings (SSSR count). The van der Waals surface area contributed by atoms with Crippen LogP contribution in [0.5, 0.6) is 0 Å². The Bertz CT molecular complexity index is 530. The van der Waals surface area contributed by atoms with E-state index in [9.17, 15) is 0 Å². The number of alkyl halides is 1. The van der Waals surface area contributed by atoms with Gasteiger partial charge in [-0.25, -0.2) is 4.98 Å². The summed E-state index contributed by atoms with van der Waals surface area (Å²) in [5, 5.41) is 7.75. The topological polar surface area (TPSA) is 30.7 Å². The summed E-state index contributed by atoms with van der Waals surface area (Å²) < 4.78 is 2.09. The highest BCUT2D eigenvalue weighted by atomic mass is 35.5. The van der Waals surface area contributed by atoms with E-state index < -0.39 is 0 Å². The number of rotatable bonds is 5. The van der Waals surface area contributed by atoms with Crippen molar-refractivity contribution < 1.29 is 0 Å². The van der Waals surface area contributed by atoms with Crippen molar-refractivity contribution in [1.29, 1.82) is 0 Å². The van der Waals surface area contributed by atoms with Gasteiger partial charge in [0.15, 0.2) is 0 Å².